The van der Waals surface area contributed by atoms with Gasteiger partial charge in [-0.15, -0.1) is 0 Å². The molecule has 0 aliphatic rings. The summed E-state index contributed by atoms with van der Waals surface area (Å²) in [6.07, 6.45) is 0.741. The van der Waals surface area contributed by atoms with Gasteiger partial charge in [-0.3, -0.25) is 9.59 Å². The molecule has 2 atom stereocenters. The van der Waals surface area contributed by atoms with Gasteiger partial charge in [0, 0.05) is 11.3 Å². The van der Waals surface area contributed by atoms with Crippen LogP contribution in [0, 0.1) is 17.2 Å². The number of nitrogens with one attached hydrogen (secondary N) is 2. The molecule has 0 aliphatic heterocycles. The lowest BCUT2D eigenvalue weighted by Gasteiger charge is -2.23. The summed E-state index contributed by atoms with van der Waals surface area (Å²) in [4.78, 5) is 25.1. The Balaban J connectivity index is 2.14. The third-order valence-corrected chi connectivity index (χ3v) is 4.08. The lowest BCUT2D eigenvalue weighted by molar-refractivity contribution is -0.119. The molecule has 5 heteroatoms. The molecule has 0 fully saturated rings. The average Bonchev–Trinajstić information content (AvgIpc) is 2.66. The molecule has 25 heavy (non-hydrogen) atoms. The van der Waals surface area contributed by atoms with Crippen molar-refractivity contribution < 1.29 is 9.59 Å². The number of benzene rings is 2. The van der Waals surface area contributed by atoms with Crippen molar-refractivity contribution in [2.45, 2.75) is 26.3 Å². The number of hydrogen-bond donors (Lipinski definition) is 2. The van der Waals surface area contributed by atoms with Crippen LogP contribution in [0.15, 0.2) is 54.6 Å². The number of nitrogens with zero attached hydrogens (tertiary/aromatic N) is 1. The maximum atomic E-state index is 12.7. The van der Waals surface area contributed by atoms with Gasteiger partial charge in [0.25, 0.3) is 5.91 Å². The number of rotatable bonds is 6. The highest BCUT2D eigenvalue weighted by Gasteiger charge is 2.26. The van der Waals surface area contributed by atoms with Crippen LogP contribution in [-0.2, 0) is 4.79 Å². The van der Waals surface area contributed by atoms with E-state index in [-0.39, 0.29) is 17.7 Å². The molecular weight excluding hydrogens is 314 g/mol. The third-order valence-electron chi connectivity index (χ3n) is 4.08. The second-order valence-electron chi connectivity index (χ2n) is 5.88. The monoisotopic (exact) mass is 335 g/mol. The predicted octanol–water partition coefficient (Wildman–Crippen LogP) is 3.34. The summed E-state index contributed by atoms with van der Waals surface area (Å²) in [6.45, 7) is 3.89. The Morgan fingerprint density at radius 2 is 1.84 bits per heavy atom. The summed E-state index contributed by atoms with van der Waals surface area (Å²) in [5, 5.41) is 14.6. The van der Waals surface area contributed by atoms with E-state index in [0.29, 0.717) is 16.8 Å². The van der Waals surface area contributed by atoms with Crippen LogP contribution in [0.2, 0.25) is 0 Å². The molecule has 128 valence electrons. The van der Waals surface area contributed by atoms with E-state index in [1.54, 1.807) is 48.5 Å². The smallest absolute Gasteiger partial charge is 0.251 e. The number of carbonyl (C=O) groups is 2. The first kappa shape index (κ1) is 18.2. The quantitative estimate of drug-likeness (QED) is 0.849. The Bertz CT molecular complexity index is 781. The van der Waals surface area contributed by atoms with E-state index in [1.165, 1.54) is 0 Å². The van der Waals surface area contributed by atoms with Crippen LogP contribution in [-0.4, -0.2) is 17.9 Å². The maximum Gasteiger partial charge on any atom is 0.251 e. The number of carbonyl (C=O) groups excluding carboxylic acids is 2. The minimum absolute atomic E-state index is 0.0354. The molecule has 2 amide bonds. The van der Waals surface area contributed by atoms with Crippen molar-refractivity contribution in [2.75, 3.05) is 5.32 Å². The van der Waals surface area contributed by atoms with Crippen molar-refractivity contribution >= 4 is 17.5 Å². The van der Waals surface area contributed by atoms with Gasteiger partial charge in [0.05, 0.1) is 11.6 Å². The number of hydrogen-bond acceptors (Lipinski definition) is 3. The van der Waals surface area contributed by atoms with Gasteiger partial charge in [0.2, 0.25) is 5.91 Å². The molecule has 0 bridgehead atoms. The largest absolute Gasteiger partial charge is 0.340 e. The van der Waals surface area contributed by atoms with Gasteiger partial charge in [-0.05, 0) is 36.2 Å². The summed E-state index contributed by atoms with van der Waals surface area (Å²) in [7, 11) is 0. The molecule has 0 saturated carbocycles. The van der Waals surface area contributed by atoms with Crippen molar-refractivity contribution in [3.8, 4) is 6.07 Å². The number of anilines is 1. The highest BCUT2D eigenvalue weighted by Crippen LogP contribution is 2.14. The van der Waals surface area contributed by atoms with Gasteiger partial charge >= 0.3 is 0 Å². The normalized spacial score (nSPS) is 12.5. The van der Waals surface area contributed by atoms with Crippen LogP contribution in [0.3, 0.4) is 0 Å². The van der Waals surface area contributed by atoms with Crippen molar-refractivity contribution in [3.63, 3.8) is 0 Å². The SMILES string of the molecule is CCC(C)C(NC(=O)c1ccccc1)C(=O)Nc1cccc(C#N)c1. The Kier molecular flexibility index (Phi) is 6.30. The van der Waals surface area contributed by atoms with E-state index in [1.807, 2.05) is 26.0 Å². The van der Waals surface area contributed by atoms with E-state index >= 15 is 0 Å². The molecule has 0 aromatic heterocycles. The molecule has 0 saturated heterocycles. The molecular formula is C20H21N3O2. The number of nitriles is 1. The fourth-order valence-electron chi connectivity index (χ4n) is 2.40. The van der Waals surface area contributed by atoms with Crippen LogP contribution in [0.4, 0.5) is 5.69 Å². The van der Waals surface area contributed by atoms with Gasteiger partial charge < -0.3 is 10.6 Å². The second kappa shape index (κ2) is 8.65. The van der Waals surface area contributed by atoms with Crippen LogP contribution < -0.4 is 10.6 Å². The van der Waals surface area contributed by atoms with Crippen molar-refractivity contribution in [1.29, 1.82) is 5.26 Å². The van der Waals surface area contributed by atoms with E-state index in [9.17, 15) is 9.59 Å². The maximum absolute atomic E-state index is 12.7. The molecule has 2 N–H and O–H groups in total. The molecule has 5 nitrogen and oxygen atoms in total. The van der Waals surface area contributed by atoms with Gasteiger partial charge in [0.1, 0.15) is 6.04 Å². The van der Waals surface area contributed by atoms with Crippen LogP contribution in [0.5, 0.6) is 0 Å². The lowest BCUT2D eigenvalue weighted by atomic mass is 9.97. The van der Waals surface area contributed by atoms with Gasteiger partial charge in [-0.2, -0.15) is 5.26 Å². The summed E-state index contributed by atoms with van der Waals surface area (Å²) >= 11 is 0. The minimum Gasteiger partial charge on any atom is -0.340 e. The second-order valence-corrected chi connectivity index (χ2v) is 5.88. The zero-order chi connectivity index (χ0) is 18.2. The Morgan fingerprint density at radius 1 is 1.12 bits per heavy atom. The molecule has 0 aliphatic carbocycles. The summed E-state index contributed by atoms with van der Waals surface area (Å²) in [6, 6.07) is 16.9. The summed E-state index contributed by atoms with van der Waals surface area (Å²) in [5.41, 5.74) is 1.51. The van der Waals surface area contributed by atoms with E-state index in [2.05, 4.69) is 10.6 Å². The Morgan fingerprint density at radius 3 is 2.48 bits per heavy atom. The first-order valence-corrected chi connectivity index (χ1v) is 8.22. The average molecular weight is 335 g/mol. The molecule has 0 spiro atoms. The van der Waals surface area contributed by atoms with Crippen LogP contribution >= 0.6 is 0 Å². The van der Waals surface area contributed by atoms with Crippen molar-refractivity contribution in [1.82, 2.24) is 5.32 Å². The summed E-state index contributed by atoms with van der Waals surface area (Å²) in [5.74, 6) is -0.618. The standard InChI is InChI=1S/C20H21N3O2/c1-3-14(2)18(23-19(24)16-9-5-4-6-10-16)20(25)22-17-11-7-8-15(12-17)13-21/h4-12,14,18H,3H2,1-2H3,(H,22,25)(H,23,24). The highest BCUT2D eigenvalue weighted by atomic mass is 16.2. The topological polar surface area (TPSA) is 82.0 Å². The first-order valence-electron chi connectivity index (χ1n) is 8.22. The fraction of sp³-hybridized carbons (Fsp3) is 0.250. The third kappa shape index (κ3) is 4.92. The summed E-state index contributed by atoms with van der Waals surface area (Å²) < 4.78 is 0. The van der Waals surface area contributed by atoms with Crippen LogP contribution in [0.25, 0.3) is 0 Å². The molecule has 0 radical (unpaired) electrons. The number of amides is 2. The minimum atomic E-state index is -0.663. The van der Waals surface area contributed by atoms with Gasteiger partial charge in [-0.25, -0.2) is 0 Å². The fourth-order valence-corrected chi connectivity index (χ4v) is 2.40. The van der Waals surface area contributed by atoms with Crippen molar-refractivity contribution in [3.05, 3.63) is 65.7 Å². The zero-order valence-corrected chi connectivity index (χ0v) is 14.3. The lowest BCUT2D eigenvalue weighted by Crippen LogP contribution is -2.47. The molecule has 2 aromatic carbocycles. The van der Waals surface area contributed by atoms with E-state index in [0.717, 1.165) is 6.42 Å². The van der Waals surface area contributed by atoms with Gasteiger partial charge in [0.15, 0.2) is 0 Å². The Labute approximate surface area is 147 Å². The van der Waals surface area contributed by atoms with E-state index in [4.69, 9.17) is 5.26 Å². The zero-order valence-electron chi connectivity index (χ0n) is 14.3. The molecule has 2 aromatic rings. The molecule has 0 heterocycles. The molecule has 2 unspecified atom stereocenters. The van der Waals surface area contributed by atoms with Crippen LogP contribution in [0.1, 0.15) is 36.2 Å². The highest BCUT2D eigenvalue weighted by molar-refractivity contribution is 6.01. The molecule has 2 rings (SSSR count). The van der Waals surface area contributed by atoms with E-state index < -0.39 is 6.04 Å². The first-order chi connectivity index (χ1) is 12.0. The Hall–Kier alpha value is -3.13. The van der Waals surface area contributed by atoms with Gasteiger partial charge in [-0.1, -0.05) is 44.5 Å². The van der Waals surface area contributed by atoms with Crippen molar-refractivity contribution in [2.24, 2.45) is 5.92 Å². The predicted molar refractivity (Wildman–Crippen MR) is 96.9 cm³/mol.